The van der Waals surface area contributed by atoms with Crippen molar-refractivity contribution in [3.05, 3.63) is 87.2 Å². The summed E-state index contributed by atoms with van der Waals surface area (Å²) in [6.45, 7) is 7.63. The number of carbonyl (C=O) groups is 7. The van der Waals surface area contributed by atoms with Crippen LogP contribution in [-0.4, -0.2) is 41.8 Å². The summed E-state index contributed by atoms with van der Waals surface area (Å²) in [6.07, 6.45) is 0. The zero-order chi connectivity index (χ0) is 45.2. The van der Waals surface area contributed by atoms with E-state index in [1.54, 1.807) is 0 Å². The van der Waals surface area contributed by atoms with E-state index >= 15 is 4.79 Å². The minimum absolute atomic E-state index is 0.0519. The van der Waals surface area contributed by atoms with Crippen LogP contribution < -0.4 is 44.0 Å². The number of fused-ring (bicyclic) bond motifs is 2. The molecule has 6 rings (SSSR count). The van der Waals surface area contributed by atoms with Crippen molar-refractivity contribution in [2.45, 2.75) is 48.5 Å². The van der Waals surface area contributed by atoms with Gasteiger partial charge in [-0.15, -0.1) is 0 Å². The fourth-order valence-electron chi connectivity index (χ4n) is 6.25. The van der Waals surface area contributed by atoms with Crippen molar-refractivity contribution in [3.8, 4) is 74.0 Å². The van der Waals surface area contributed by atoms with Gasteiger partial charge in [0.1, 0.15) is 56.6 Å². The Balaban J connectivity index is 1.83. The minimum Gasteiger partial charge on any atom is -0.455 e. The molecule has 18 nitrogen and oxygen atoms in total. The molecule has 316 valence electrons. The molecule has 2 aromatic heterocycles. The monoisotopic (exact) mass is 848 g/mol. The van der Waals surface area contributed by atoms with Crippen LogP contribution >= 0.6 is 0 Å². The largest absolute Gasteiger partial charge is 0.455 e. The van der Waals surface area contributed by atoms with Crippen LogP contribution in [0.2, 0.25) is 0 Å². The molecule has 0 saturated heterocycles. The molecule has 0 N–H and O–H groups in total. The van der Waals surface area contributed by atoms with Crippen molar-refractivity contribution in [2.24, 2.45) is 0 Å². The Morgan fingerprint density at radius 2 is 0.919 bits per heavy atom. The van der Waals surface area contributed by atoms with Crippen molar-refractivity contribution in [1.29, 1.82) is 0 Å². The minimum atomic E-state index is -0.984. The first-order valence-corrected chi connectivity index (χ1v) is 18.1. The van der Waals surface area contributed by atoms with Crippen LogP contribution in [-0.2, 0) is 33.6 Å². The lowest BCUT2D eigenvalue weighted by atomic mass is 9.94. The van der Waals surface area contributed by atoms with Crippen molar-refractivity contribution < 1.29 is 75.6 Å². The summed E-state index contributed by atoms with van der Waals surface area (Å²) in [4.78, 5) is 115. The first kappa shape index (κ1) is 43.2. The van der Waals surface area contributed by atoms with E-state index in [0.717, 1.165) is 59.7 Å². The van der Waals surface area contributed by atoms with E-state index in [1.165, 1.54) is 55.5 Å². The van der Waals surface area contributed by atoms with Gasteiger partial charge in [-0.05, 0) is 42.5 Å². The van der Waals surface area contributed by atoms with E-state index in [0.29, 0.717) is 0 Å². The predicted molar refractivity (Wildman–Crippen MR) is 214 cm³/mol. The first-order valence-electron chi connectivity index (χ1n) is 18.1. The Kier molecular flexibility index (Phi) is 12.1. The standard InChI is InChI=1S/C44H32O18/c1-19(45)54-28-11-8-26(9-12-28)43-41(42(53)39-34(58-23(5)49)15-29(55-20(2)46)16-35(39)62-43)40-37(60-25(7)51)18-36(59-24(6)50)38-30(52)17-32(61-44(38)40)27-10-13-31(56-21(3)47)33(14-27)57-22(4)48/h8-18H,1-7H3. The van der Waals surface area contributed by atoms with Gasteiger partial charge < -0.3 is 42.0 Å². The van der Waals surface area contributed by atoms with Crippen molar-refractivity contribution in [2.75, 3.05) is 0 Å². The molecule has 0 bridgehead atoms. The average Bonchev–Trinajstić information content (AvgIpc) is 3.14. The third-order valence-electron chi connectivity index (χ3n) is 8.25. The van der Waals surface area contributed by atoms with Gasteiger partial charge in [-0.1, -0.05) is 0 Å². The molecule has 0 radical (unpaired) electrons. The number of benzene rings is 4. The Bertz CT molecular complexity index is 3020. The average molecular weight is 849 g/mol. The van der Waals surface area contributed by atoms with Crippen LogP contribution in [0, 0.1) is 0 Å². The van der Waals surface area contributed by atoms with Gasteiger partial charge in [0.15, 0.2) is 22.5 Å². The van der Waals surface area contributed by atoms with E-state index in [9.17, 15) is 38.4 Å². The molecule has 0 aliphatic rings. The Hall–Kier alpha value is -8.41. The zero-order valence-corrected chi connectivity index (χ0v) is 33.7. The molecule has 2 heterocycles. The molecule has 0 saturated carbocycles. The Labute approximate surface area is 348 Å². The third kappa shape index (κ3) is 9.39. The van der Waals surface area contributed by atoms with Crippen LogP contribution in [0.5, 0.6) is 40.2 Å². The van der Waals surface area contributed by atoms with E-state index < -0.39 is 97.4 Å². The maximum Gasteiger partial charge on any atom is 0.308 e. The highest BCUT2D eigenvalue weighted by Gasteiger charge is 2.31. The summed E-state index contributed by atoms with van der Waals surface area (Å²) < 4.78 is 50.1. The highest BCUT2D eigenvalue weighted by atomic mass is 16.6. The van der Waals surface area contributed by atoms with Crippen molar-refractivity contribution in [3.63, 3.8) is 0 Å². The van der Waals surface area contributed by atoms with Crippen LogP contribution in [0.4, 0.5) is 0 Å². The van der Waals surface area contributed by atoms with Crippen molar-refractivity contribution >= 4 is 63.7 Å². The highest BCUT2D eigenvalue weighted by molar-refractivity contribution is 6.06. The van der Waals surface area contributed by atoms with Crippen LogP contribution in [0.3, 0.4) is 0 Å². The van der Waals surface area contributed by atoms with Gasteiger partial charge in [0, 0.05) is 83.9 Å². The smallest absolute Gasteiger partial charge is 0.308 e. The number of esters is 7. The van der Waals surface area contributed by atoms with Crippen LogP contribution in [0.15, 0.2) is 85.2 Å². The van der Waals surface area contributed by atoms with Crippen LogP contribution in [0.1, 0.15) is 48.5 Å². The molecule has 62 heavy (non-hydrogen) atoms. The summed E-state index contributed by atoms with van der Waals surface area (Å²) in [5.74, 6) is -8.13. The number of rotatable bonds is 10. The van der Waals surface area contributed by atoms with E-state index in [1.807, 2.05) is 0 Å². The summed E-state index contributed by atoms with van der Waals surface area (Å²) in [5, 5.41) is -0.837. The molecule has 18 heteroatoms. The second kappa shape index (κ2) is 17.4. The van der Waals surface area contributed by atoms with E-state index in [4.69, 9.17) is 42.0 Å². The molecule has 4 aromatic carbocycles. The first-order chi connectivity index (χ1) is 29.3. The van der Waals surface area contributed by atoms with Gasteiger partial charge in [-0.25, -0.2) is 0 Å². The van der Waals surface area contributed by atoms with Crippen molar-refractivity contribution in [1.82, 2.24) is 0 Å². The normalized spacial score (nSPS) is 10.8. The molecule has 6 aromatic rings. The van der Waals surface area contributed by atoms with E-state index in [-0.39, 0.29) is 51.2 Å². The fraction of sp³-hybridized carbons (Fsp3) is 0.159. The maximum atomic E-state index is 15.3. The third-order valence-corrected chi connectivity index (χ3v) is 8.25. The van der Waals surface area contributed by atoms with Crippen LogP contribution in [0.25, 0.3) is 55.7 Å². The summed E-state index contributed by atoms with van der Waals surface area (Å²) in [5.41, 5.74) is -3.39. The molecule has 0 aliphatic heterocycles. The van der Waals surface area contributed by atoms with Gasteiger partial charge in [0.2, 0.25) is 5.43 Å². The lowest BCUT2D eigenvalue weighted by Gasteiger charge is -2.18. The second-order valence-electron chi connectivity index (χ2n) is 13.2. The van der Waals surface area contributed by atoms with Gasteiger partial charge in [-0.2, -0.15) is 0 Å². The molecule has 0 amide bonds. The number of carbonyl (C=O) groups excluding carboxylic acids is 7. The Morgan fingerprint density at radius 1 is 0.419 bits per heavy atom. The highest BCUT2D eigenvalue weighted by Crippen LogP contribution is 2.47. The predicted octanol–water partition coefficient (Wildman–Crippen LogP) is 6.38. The van der Waals surface area contributed by atoms with Gasteiger partial charge in [0.05, 0.1) is 11.1 Å². The molecular weight excluding hydrogens is 816 g/mol. The maximum absolute atomic E-state index is 15.3. The molecule has 0 atom stereocenters. The van der Waals surface area contributed by atoms with Gasteiger partial charge in [0.25, 0.3) is 0 Å². The molecule has 0 spiro atoms. The number of ether oxygens (including phenoxy) is 7. The summed E-state index contributed by atoms with van der Waals surface area (Å²) in [7, 11) is 0. The Morgan fingerprint density at radius 3 is 1.50 bits per heavy atom. The number of hydrogen-bond donors (Lipinski definition) is 0. The second-order valence-corrected chi connectivity index (χ2v) is 13.2. The lowest BCUT2D eigenvalue weighted by molar-refractivity contribution is -0.134. The molecule has 0 fully saturated rings. The lowest BCUT2D eigenvalue weighted by Crippen LogP contribution is -2.15. The van der Waals surface area contributed by atoms with E-state index in [2.05, 4.69) is 0 Å². The molecular formula is C44H32O18. The molecule has 0 aliphatic carbocycles. The topological polar surface area (TPSA) is 245 Å². The summed E-state index contributed by atoms with van der Waals surface area (Å²) >= 11 is 0. The van der Waals surface area contributed by atoms with Gasteiger partial charge in [-0.3, -0.25) is 43.2 Å². The van der Waals surface area contributed by atoms with Gasteiger partial charge >= 0.3 is 41.8 Å². The summed E-state index contributed by atoms with van der Waals surface area (Å²) in [6, 6.07) is 13.7. The SMILES string of the molecule is CC(=O)Oc1ccc(-c2oc3cc(OC(C)=O)cc(OC(C)=O)c3c(=O)c2-c2c(OC(C)=O)cc(OC(C)=O)c3c(=O)cc(-c4ccc(OC(C)=O)c(OC(C)=O)c4)oc23)cc1. The number of hydrogen-bond acceptors (Lipinski definition) is 18. The quantitative estimate of drug-likeness (QED) is 0.107. The zero-order valence-electron chi connectivity index (χ0n) is 33.7. The fourth-order valence-corrected chi connectivity index (χ4v) is 6.25. The molecule has 0 unspecified atom stereocenters.